The van der Waals surface area contributed by atoms with E-state index in [-0.39, 0.29) is 0 Å². The largest absolute Gasteiger partial charge is 0.330 e. The van der Waals surface area contributed by atoms with Crippen LogP contribution in [0.4, 0.5) is 0 Å². The molecule has 2 unspecified atom stereocenters. The molecule has 0 bridgehead atoms. The number of allylic oxidation sites excluding steroid dienone is 1. The highest BCUT2D eigenvalue weighted by Gasteiger charge is 2.23. The molecule has 0 aromatic heterocycles. The third kappa shape index (κ3) is 3.12. The molecule has 0 radical (unpaired) electrons. The van der Waals surface area contributed by atoms with E-state index in [2.05, 4.69) is 30.9 Å². The molecule has 1 rings (SSSR count). The zero-order chi connectivity index (χ0) is 9.68. The van der Waals surface area contributed by atoms with Crippen LogP contribution in [-0.4, -0.2) is 31.1 Å². The molecule has 1 aliphatic heterocycles. The molecule has 2 N–H and O–H groups in total. The Morgan fingerprint density at radius 2 is 2.31 bits per heavy atom. The van der Waals surface area contributed by atoms with Gasteiger partial charge in [-0.05, 0) is 38.3 Å². The van der Waals surface area contributed by atoms with Gasteiger partial charge in [-0.3, -0.25) is 4.90 Å². The Balaban J connectivity index is 2.35. The molecule has 13 heavy (non-hydrogen) atoms. The Kier molecular flexibility index (Phi) is 4.46. The lowest BCUT2D eigenvalue weighted by atomic mass is 9.87. The van der Waals surface area contributed by atoms with Gasteiger partial charge in [-0.1, -0.05) is 19.1 Å². The van der Waals surface area contributed by atoms with Gasteiger partial charge in [-0.2, -0.15) is 0 Å². The van der Waals surface area contributed by atoms with E-state index in [9.17, 15) is 0 Å². The highest BCUT2D eigenvalue weighted by Crippen LogP contribution is 2.21. The normalized spacial score (nSPS) is 31.3. The number of nitrogens with two attached hydrogens (primary N) is 1. The number of hydrogen-bond acceptors (Lipinski definition) is 2. The molecule has 0 aromatic carbocycles. The average molecular weight is 182 g/mol. The van der Waals surface area contributed by atoms with Crippen LogP contribution < -0.4 is 5.73 Å². The van der Waals surface area contributed by atoms with Gasteiger partial charge < -0.3 is 5.73 Å². The smallest absolute Gasteiger partial charge is 0.0163 e. The lowest BCUT2D eigenvalue weighted by Gasteiger charge is -2.35. The van der Waals surface area contributed by atoms with E-state index in [1.165, 1.54) is 19.5 Å². The summed E-state index contributed by atoms with van der Waals surface area (Å²) in [7, 11) is 0. The van der Waals surface area contributed by atoms with Gasteiger partial charge >= 0.3 is 0 Å². The van der Waals surface area contributed by atoms with Crippen molar-refractivity contribution in [3.8, 4) is 0 Å². The van der Waals surface area contributed by atoms with Gasteiger partial charge in [-0.25, -0.2) is 0 Å². The summed E-state index contributed by atoms with van der Waals surface area (Å²) in [4.78, 5) is 2.50. The Morgan fingerprint density at radius 3 is 2.92 bits per heavy atom. The highest BCUT2D eigenvalue weighted by molar-refractivity contribution is 4.85. The number of hydrogen-bond donors (Lipinski definition) is 1. The highest BCUT2D eigenvalue weighted by atomic mass is 15.1. The van der Waals surface area contributed by atoms with E-state index in [4.69, 9.17) is 5.73 Å². The predicted molar refractivity (Wildman–Crippen MR) is 57.6 cm³/mol. The first kappa shape index (κ1) is 10.7. The number of nitrogens with zero attached hydrogens (tertiary/aromatic N) is 1. The Hall–Kier alpha value is -0.340. The molecule has 0 saturated carbocycles. The molecule has 2 nitrogen and oxygen atoms in total. The molecule has 76 valence electrons. The Labute approximate surface area is 81.8 Å². The van der Waals surface area contributed by atoms with Gasteiger partial charge in [-0.15, -0.1) is 0 Å². The predicted octanol–water partition coefficient (Wildman–Crippen LogP) is 1.48. The maximum absolute atomic E-state index is 5.74. The maximum Gasteiger partial charge on any atom is 0.0163 e. The molecule has 0 aliphatic carbocycles. The zero-order valence-electron chi connectivity index (χ0n) is 8.87. The number of likely N-dealkylation sites (tertiary alicyclic amines) is 1. The maximum atomic E-state index is 5.74. The van der Waals surface area contributed by atoms with Crippen LogP contribution in [0.15, 0.2) is 12.2 Å². The monoisotopic (exact) mass is 182 g/mol. The topological polar surface area (TPSA) is 29.3 Å². The fraction of sp³-hybridized carbons (Fsp3) is 0.818. The van der Waals surface area contributed by atoms with E-state index in [1.807, 2.05) is 0 Å². The second-order valence-corrected chi connectivity index (χ2v) is 4.09. The number of rotatable bonds is 3. The second-order valence-electron chi connectivity index (χ2n) is 4.09. The van der Waals surface area contributed by atoms with Crippen LogP contribution in [-0.2, 0) is 0 Å². The minimum Gasteiger partial charge on any atom is -0.330 e. The minimum atomic E-state index is 0.707. The molecular formula is C11H22N2. The van der Waals surface area contributed by atoms with E-state index in [0.717, 1.165) is 19.0 Å². The van der Waals surface area contributed by atoms with Crippen molar-refractivity contribution in [3.05, 3.63) is 12.2 Å². The SMILES string of the molecule is C/C=C/CN1CCC(C)C(CN)C1. The molecule has 1 saturated heterocycles. The summed E-state index contributed by atoms with van der Waals surface area (Å²) in [5.41, 5.74) is 5.74. The van der Waals surface area contributed by atoms with Crippen LogP contribution in [0.3, 0.4) is 0 Å². The molecule has 0 aromatic rings. The standard InChI is InChI=1S/C11H22N2/c1-3-4-6-13-7-5-10(2)11(8-12)9-13/h3-4,10-11H,5-9,12H2,1-2H3/b4-3+. The van der Waals surface area contributed by atoms with Crippen molar-refractivity contribution in [2.75, 3.05) is 26.2 Å². The van der Waals surface area contributed by atoms with Crippen LogP contribution in [0.25, 0.3) is 0 Å². The van der Waals surface area contributed by atoms with Gasteiger partial charge in [0.25, 0.3) is 0 Å². The van der Waals surface area contributed by atoms with Crippen LogP contribution in [0.1, 0.15) is 20.3 Å². The first-order valence-electron chi connectivity index (χ1n) is 5.31. The third-order valence-corrected chi connectivity index (χ3v) is 3.10. The Bertz CT molecular complexity index is 165. The summed E-state index contributed by atoms with van der Waals surface area (Å²) < 4.78 is 0. The molecule has 1 fully saturated rings. The van der Waals surface area contributed by atoms with Crippen molar-refractivity contribution < 1.29 is 0 Å². The third-order valence-electron chi connectivity index (χ3n) is 3.10. The summed E-state index contributed by atoms with van der Waals surface area (Å²) in [6, 6.07) is 0. The van der Waals surface area contributed by atoms with Crippen molar-refractivity contribution in [1.29, 1.82) is 0 Å². The fourth-order valence-electron chi connectivity index (χ4n) is 1.95. The molecule has 1 heterocycles. The van der Waals surface area contributed by atoms with Gasteiger partial charge in [0.2, 0.25) is 0 Å². The molecule has 2 atom stereocenters. The first-order valence-corrected chi connectivity index (χ1v) is 5.31. The van der Waals surface area contributed by atoms with Gasteiger partial charge in [0.05, 0.1) is 0 Å². The van der Waals surface area contributed by atoms with Crippen LogP contribution in [0.5, 0.6) is 0 Å². The minimum absolute atomic E-state index is 0.707. The molecular weight excluding hydrogens is 160 g/mol. The number of piperidine rings is 1. The molecule has 0 spiro atoms. The van der Waals surface area contributed by atoms with Crippen molar-refractivity contribution in [3.63, 3.8) is 0 Å². The van der Waals surface area contributed by atoms with E-state index in [0.29, 0.717) is 5.92 Å². The lowest BCUT2D eigenvalue weighted by Crippen LogP contribution is -2.42. The van der Waals surface area contributed by atoms with Crippen molar-refractivity contribution in [2.45, 2.75) is 20.3 Å². The van der Waals surface area contributed by atoms with Crippen molar-refractivity contribution in [1.82, 2.24) is 4.90 Å². The quantitative estimate of drug-likeness (QED) is 0.670. The second kappa shape index (κ2) is 5.40. The fourth-order valence-corrected chi connectivity index (χ4v) is 1.95. The summed E-state index contributed by atoms with van der Waals surface area (Å²) in [6.07, 6.45) is 5.65. The van der Waals surface area contributed by atoms with Crippen LogP contribution in [0, 0.1) is 11.8 Å². The van der Waals surface area contributed by atoms with Crippen LogP contribution in [0.2, 0.25) is 0 Å². The van der Waals surface area contributed by atoms with Gasteiger partial charge in [0, 0.05) is 13.1 Å². The summed E-state index contributed by atoms with van der Waals surface area (Å²) in [5, 5.41) is 0. The zero-order valence-corrected chi connectivity index (χ0v) is 8.87. The summed E-state index contributed by atoms with van der Waals surface area (Å²) >= 11 is 0. The summed E-state index contributed by atoms with van der Waals surface area (Å²) in [5.74, 6) is 1.52. The average Bonchev–Trinajstić information content (AvgIpc) is 2.16. The molecule has 1 aliphatic rings. The molecule has 2 heteroatoms. The lowest BCUT2D eigenvalue weighted by molar-refractivity contribution is 0.144. The van der Waals surface area contributed by atoms with Crippen molar-refractivity contribution >= 4 is 0 Å². The molecule has 0 amide bonds. The van der Waals surface area contributed by atoms with Crippen LogP contribution >= 0.6 is 0 Å². The first-order chi connectivity index (χ1) is 6.27. The Morgan fingerprint density at radius 1 is 1.54 bits per heavy atom. The van der Waals surface area contributed by atoms with E-state index < -0.39 is 0 Å². The summed E-state index contributed by atoms with van der Waals surface area (Å²) in [6.45, 7) is 8.76. The van der Waals surface area contributed by atoms with E-state index >= 15 is 0 Å². The van der Waals surface area contributed by atoms with Crippen molar-refractivity contribution in [2.24, 2.45) is 17.6 Å². The van der Waals surface area contributed by atoms with E-state index in [1.54, 1.807) is 0 Å². The van der Waals surface area contributed by atoms with Gasteiger partial charge in [0.15, 0.2) is 0 Å². The van der Waals surface area contributed by atoms with Gasteiger partial charge in [0.1, 0.15) is 0 Å².